The number of ether oxygens (including phenoxy) is 1. The molecule has 3 unspecified atom stereocenters. The second-order valence-electron chi connectivity index (χ2n) is 4.47. The van der Waals surface area contributed by atoms with Crippen LogP contribution in [0.5, 0.6) is 0 Å². The Balaban J connectivity index is 2.13. The molecule has 0 aromatic heterocycles. The molecule has 1 heteroatoms. The predicted molar refractivity (Wildman–Crippen MR) is 45.4 cm³/mol. The lowest BCUT2D eigenvalue weighted by atomic mass is 9.76. The smallest absolute Gasteiger partial charge is 0.0525 e. The molecule has 0 aromatic rings. The fourth-order valence-electron chi connectivity index (χ4n) is 2.78. The highest BCUT2D eigenvalue weighted by Gasteiger charge is 2.46. The van der Waals surface area contributed by atoms with E-state index in [4.69, 9.17) is 4.74 Å². The van der Waals surface area contributed by atoms with Gasteiger partial charge in [-0.05, 0) is 36.5 Å². The van der Waals surface area contributed by atoms with Gasteiger partial charge < -0.3 is 4.74 Å². The SMILES string of the molecule is CC1CCC2(CCOC2)C1C. The van der Waals surface area contributed by atoms with Crippen molar-refractivity contribution in [3.05, 3.63) is 0 Å². The lowest BCUT2D eigenvalue weighted by Gasteiger charge is -2.28. The minimum absolute atomic E-state index is 0.597. The Morgan fingerprint density at radius 3 is 2.55 bits per heavy atom. The monoisotopic (exact) mass is 154 g/mol. The van der Waals surface area contributed by atoms with E-state index in [0.717, 1.165) is 25.0 Å². The van der Waals surface area contributed by atoms with E-state index in [1.165, 1.54) is 19.3 Å². The van der Waals surface area contributed by atoms with E-state index in [1.807, 2.05) is 0 Å². The molecule has 3 atom stereocenters. The molecule has 0 N–H and O–H groups in total. The van der Waals surface area contributed by atoms with E-state index in [2.05, 4.69) is 13.8 Å². The lowest BCUT2D eigenvalue weighted by Crippen LogP contribution is -2.25. The number of hydrogen-bond donors (Lipinski definition) is 0. The Morgan fingerprint density at radius 1 is 1.27 bits per heavy atom. The minimum atomic E-state index is 0.597. The van der Waals surface area contributed by atoms with Gasteiger partial charge in [0, 0.05) is 6.61 Å². The highest BCUT2D eigenvalue weighted by Crippen LogP contribution is 2.51. The summed E-state index contributed by atoms with van der Waals surface area (Å²) in [6, 6.07) is 0. The van der Waals surface area contributed by atoms with Gasteiger partial charge in [-0.3, -0.25) is 0 Å². The van der Waals surface area contributed by atoms with E-state index in [1.54, 1.807) is 0 Å². The lowest BCUT2D eigenvalue weighted by molar-refractivity contribution is 0.123. The molecule has 2 fully saturated rings. The van der Waals surface area contributed by atoms with Crippen molar-refractivity contribution in [2.45, 2.75) is 33.1 Å². The van der Waals surface area contributed by atoms with Crippen molar-refractivity contribution in [2.24, 2.45) is 17.3 Å². The largest absolute Gasteiger partial charge is 0.381 e. The molecule has 1 saturated heterocycles. The van der Waals surface area contributed by atoms with Crippen molar-refractivity contribution in [3.63, 3.8) is 0 Å². The topological polar surface area (TPSA) is 9.23 Å². The summed E-state index contributed by atoms with van der Waals surface area (Å²) in [6.45, 7) is 6.85. The van der Waals surface area contributed by atoms with Gasteiger partial charge in [-0.2, -0.15) is 0 Å². The molecule has 2 rings (SSSR count). The molecule has 1 aliphatic carbocycles. The van der Waals surface area contributed by atoms with Crippen molar-refractivity contribution in [1.82, 2.24) is 0 Å². The van der Waals surface area contributed by atoms with Crippen LogP contribution < -0.4 is 0 Å². The summed E-state index contributed by atoms with van der Waals surface area (Å²) in [4.78, 5) is 0. The normalized spacial score (nSPS) is 50.7. The maximum Gasteiger partial charge on any atom is 0.0525 e. The van der Waals surface area contributed by atoms with Gasteiger partial charge in [0.1, 0.15) is 0 Å². The molecule has 0 radical (unpaired) electrons. The molecule has 64 valence electrons. The fourth-order valence-corrected chi connectivity index (χ4v) is 2.78. The zero-order valence-electron chi connectivity index (χ0n) is 7.60. The summed E-state index contributed by atoms with van der Waals surface area (Å²) < 4.78 is 5.50. The van der Waals surface area contributed by atoms with Gasteiger partial charge >= 0.3 is 0 Å². The van der Waals surface area contributed by atoms with Crippen molar-refractivity contribution in [1.29, 1.82) is 0 Å². The summed E-state index contributed by atoms with van der Waals surface area (Å²) in [5.74, 6) is 1.82. The third kappa shape index (κ3) is 1.01. The standard InChI is InChI=1S/C10H18O/c1-8-3-4-10(9(8)2)5-6-11-7-10/h8-9H,3-7H2,1-2H3. The van der Waals surface area contributed by atoms with Crippen LogP contribution in [0.15, 0.2) is 0 Å². The van der Waals surface area contributed by atoms with Crippen LogP contribution in [0.4, 0.5) is 0 Å². The second-order valence-corrected chi connectivity index (χ2v) is 4.47. The van der Waals surface area contributed by atoms with E-state index < -0.39 is 0 Å². The summed E-state index contributed by atoms with van der Waals surface area (Å²) >= 11 is 0. The first-order chi connectivity index (χ1) is 5.25. The van der Waals surface area contributed by atoms with Gasteiger partial charge in [0.05, 0.1) is 6.61 Å². The van der Waals surface area contributed by atoms with E-state index in [-0.39, 0.29) is 0 Å². The zero-order chi connectivity index (χ0) is 7.90. The van der Waals surface area contributed by atoms with Gasteiger partial charge in [-0.15, -0.1) is 0 Å². The van der Waals surface area contributed by atoms with Crippen LogP contribution in [0.1, 0.15) is 33.1 Å². The first-order valence-corrected chi connectivity index (χ1v) is 4.82. The first kappa shape index (κ1) is 7.60. The number of rotatable bonds is 0. The van der Waals surface area contributed by atoms with Gasteiger partial charge in [0.2, 0.25) is 0 Å². The van der Waals surface area contributed by atoms with Gasteiger partial charge in [-0.25, -0.2) is 0 Å². The fraction of sp³-hybridized carbons (Fsp3) is 1.00. The molecule has 1 heterocycles. The predicted octanol–water partition coefficient (Wildman–Crippen LogP) is 2.46. The van der Waals surface area contributed by atoms with E-state index in [0.29, 0.717) is 5.41 Å². The summed E-state index contributed by atoms with van der Waals surface area (Å²) in [7, 11) is 0. The molecule has 0 amide bonds. The summed E-state index contributed by atoms with van der Waals surface area (Å²) in [6.07, 6.45) is 4.15. The van der Waals surface area contributed by atoms with Crippen LogP contribution in [0.3, 0.4) is 0 Å². The van der Waals surface area contributed by atoms with Crippen molar-refractivity contribution >= 4 is 0 Å². The average Bonchev–Trinajstić information content (AvgIpc) is 2.56. The molecule has 1 aliphatic heterocycles. The van der Waals surface area contributed by atoms with Gasteiger partial charge in [-0.1, -0.05) is 13.8 Å². The minimum Gasteiger partial charge on any atom is -0.381 e. The Morgan fingerprint density at radius 2 is 2.09 bits per heavy atom. The Labute approximate surface area is 69.1 Å². The van der Waals surface area contributed by atoms with Crippen LogP contribution in [0.2, 0.25) is 0 Å². The van der Waals surface area contributed by atoms with Crippen LogP contribution in [0.25, 0.3) is 0 Å². The van der Waals surface area contributed by atoms with Crippen LogP contribution in [0, 0.1) is 17.3 Å². The highest BCUT2D eigenvalue weighted by molar-refractivity contribution is 4.95. The van der Waals surface area contributed by atoms with Crippen molar-refractivity contribution in [3.8, 4) is 0 Å². The summed E-state index contributed by atoms with van der Waals surface area (Å²) in [5, 5.41) is 0. The quantitative estimate of drug-likeness (QED) is 0.521. The molecule has 11 heavy (non-hydrogen) atoms. The number of hydrogen-bond acceptors (Lipinski definition) is 1. The third-order valence-corrected chi connectivity index (χ3v) is 4.05. The maximum absolute atomic E-state index is 5.50. The van der Waals surface area contributed by atoms with Crippen LogP contribution in [-0.4, -0.2) is 13.2 Å². The molecule has 1 saturated carbocycles. The van der Waals surface area contributed by atoms with Crippen molar-refractivity contribution in [2.75, 3.05) is 13.2 Å². The van der Waals surface area contributed by atoms with Crippen molar-refractivity contribution < 1.29 is 4.74 Å². The average molecular weight is 154 g/mol. The zero-order valence-corrected chi connectivity index (χ0v) is 7.60. The molecule has 1 nitrogen and oxygen atoms in total. The second kappa shape index (κ2) is 2.48. The summed E-state index contributed by atoms with van der Waals surface area (Å²) in [5.41, 5.74) is 0.597. The van der Waals surface area contributed by atoms with Crippen LogP contribution >= 0.6 is 0 Å². The Bertz CT molecular complexity index is 147. The Hall–Kier alpha value is -0.0400. The van der Waals surface area contributed by atoms with Gasteiger partial charge in [0.25, 0.3) is 0 Å². The van der Waals surface area contributed by atoms with Gasteiger partial charge in [0.15, 0.2) is 0 Å². The Kier molecular flexibility index (Phi) is 1.71. The van der Waals surface area contributed by atoms with Crippen LogP contribution in [-0.2, 0) is 4.74 Å². The highest BCUT2D eigenvalue weighted by atomic mass is 16.5. The molecule has 0 aromatic carbocycles. The molecular weight excluding hydrogens is 136 g/mol. The molecular formula is C10H18O. The maximum atomic E-state index is 5.50. The molecule has 1 spiro atoms. The van der Waals surface area contributed by atoms with E-state index in [9.17, 15) is 0 Å². The molecule has 2 aliphatic rings. The third-order valence-electron chi connectivity index (χ3n) is 4.05. The molecule has 0 bridgehead atoms. The first-order valence-electron chi connectivity index (χ1n) is 4.82. The van der Waals surface area contributed by atoms with E-state index >= 15 is 0 Å².